The molecule has 94 valence electrons. The molecule has 0 saturated carbocycles. The van der Waals surface area contributed by atoms with Crippen molar-refractivity contribution >= 4 is 28.9 Å². The molecule has 0 aliphatic rings. The quantitative estimate of drug-likeness (QED) is 0.923. The Bertz CT molecular complexity index is 562. The van der Waals surface area contributed by atoms with E-state index >= 15 is 0 Å². The summed E-state index contributed by atoms with van der Waals surface area (Å²) in [4.78, 5) is 9.79. The monoisotopic (exact) mass is 264 g/mol. The van der Waals surface area contributed by atoms with Crippen LogP contribution in [0.3, 0.4) is 0 Å². The minimum Gasteiger partial charge on any atom is -0.497 e. The summed E-state index contributed by atoms with van der Waals surface area (Å²) in [6, 6.07) is 7.57. The molecule has 0 bridgehead atoms. The highest BCUT2D eigenvalue weighted by Crippen LogP contribution is 2.32. The van der Waals surface area contributed by atoms with Crippen LogP contribution in [0.15, 0.2) is 30.6 Å². The Kier molecular flexibility index (Phi) is 3.53. The van der Waals surface area contributed by atoms with E-state index in [1.54, 1.807) is 7.11 Å². The molecule has 0 radical (unpaired) electrons. The van der Waals surface area contributed by atoms with Gasteiger partial charge < -0.3 is 15.4 Å². The van der Waals surface area contributed by atoms with Gasteiger partial charge in [0.1, 0.15) is 22.9 Å². The van der Waals surface area contributed by atoms with Gasteiger partial charge in [0.25, 0.3) is 0 Å². The molecule has 5 nitrogen and oxygen atoms in total. The summed E-state index contributed by atoms with van der Waals surface area (Å²) in [6.45, 7) is 0. The lowest BCUT2D eigenvalue weighted by molar-refractivity contribution is 0.415. The van der Waals surface area contributed by atoms with Gasteiger partial charge in [0, 0.05) is 18.8 Å². The molecule has 18 heavy (non-hydrogen) atoms. The van der Waals surface area contributed by atoms with Crippen LogP contribution in [0.4, 0.5) is 17.3 Å². The smallest absolute Gasteiger partial charge is 0.157 e. The molecule has 0 fully saturated rings. The average molecular weight is 265 g/mol. The number of methoxy groups -OCH3 is 1. The first-order valence-electron chi connectivity index (χ1n) is 5.27. The van der Waals surface area contributed by atoms with Gasteiger partial charge in [0.2, 0.25) is 0 Å². The second-order valence-corrected chi connectivity index (χ2v) is 4.03. The number of rotatable bonds is 3. The molecule has 0 saturated heterocycles. The topological polar surface area (TPSA) is 64.3 Å². The fourth-order valence-electron chi connectivity index (χ4n) is 1.55. The third-order valence-electron chi connectivity index (χ3n) is 2.56. The summed E-state index contributed by atoms with van der Waals surface area (Å²) in [7, 11) is 3.47. The van der Waals surface area contributed by atoms with E-state index < -0.39 is 0 Å². The SMILES string of the molecule is COc1cccc(N(C)c2ncnc(N)c2Cl)c1. The minimum absolute atomic E-state index is 0.261. The highest BCUT2D eigenvalue weighted by Gasteiger charge is 2.13. The summed E-state index contributed by atoms with van der Waals surface area (Å²) >= 11 is 6.09. The summed E-state index contributed by atoms with van der Waals surface area (Å²) in [5.41, 5.74) is 6.56. The van der Waals surface area contributed by atoms with Gasteiger partial charge in [-0.2, -0.15) is 0 Å². The lowest BCUT2D eigenvalue weighted by Crippen LogP contribution is -2.13. The van der Waals surface area contributed by atoms with Crippen LogP contribution < -0.4 is 15.4 Å². The summed E-state index contributed by atoms with van der Waals surface area (Å²) in [5.74, 6) is 1.58. The number of nitrogens with two attached hydrogens (primary N) is 1. The summed E-state index contributed by atoms with van der Waals surface area (Å²) in [6.07, 6.45) is 1.38. The van der Waals surface area contributed by atoms with Crippen molar-refractivity contribution in [2.75, 3.05) is 24.8 Å². The predicted octanol–water partition coefficient (Wildman–Crippen LogP) is 2.49. The van der Waals surface area contributed by atoms with E-state index in [9.17, 15) is 0 Å². The van der Waals surface area contributed by atoms with Gasteiger partial charge in [0.05, 0.1) is 7.11 Å². The zero-order valence-electron chi connectivity index (χ0n) is 10.1. The molecular weight excluding hydrogens is 252 g/mol. The van der Waals surface area contributed by atoms with Crippen molar-refractivity contribution in [3.8, 4) is 5.75 Å². The second kappa shape index (κ2) is 5.10. The fraction of sp³-hybridized carbons (Fsp3) is 0.167. The van der Waals surface area contributed by atoms with Crippen LogP contribution in [0.1, 0.15) is 0 Å². The molecular formula is C12H13ClN4O. The lowest BCUT2D eigenvalue weighted by atomic mass is 10.3. The van der Waals surface area contributed by atoms with Crippen LogP contribution in [-0.2, 0) is 0 Å². The predicted molar refractivity (Wildman–Crippen MR) is 72.5 cm³/mol. The number of nitrogens with zero attached hydrogens (tertiary/aromatic N) is 3. The van der Waals surface area contributed by atoms with Crippen LogP contribution in [0.25, 0.3) is 0 Å². The van der Waals surface area contributed by atoms with E-state index in [2.05, 4.69) is 9.97 Å². The first-order chi connectivity index (χ1) is 8.63. The first kappa shape index (κ1) is 12.4. The summed E-state index contributed by atoms with van der Waals surface area (Å²) in [5, 5.41) is 0.336. The van der Waals surface area contributed by atoms with Crippen molar-refractivity contribution < 1.29 is 4.74 Å². The van der Waals surface area contributed by atoms with Gasteiger partial charge in [-0.1, -0.05) is 17.7 Å². The van der Waals surface area contributed by atoms with Crippen LogP contribution in [0, 0.1) is 0 Å². The van der Waals surface area contributed by atoms with Crippen molar-refractivity contribution in [3.63, 3.8) is 0 Å². The molecule has 0 spiro atoms. The van der Waals surface area contributed by atoms with E-state index in [1.165, 1.54) is 6.33 Å². The number of nitrogen functional groups attached to an aromatic ring is 1. The zero-order chi connectivity index (χ0) is 13.1. The fourth-order valence-corrected chi connectivity index (χ4v) is 1.77. The van der Waals surface area contributed by atoms with Crippen LogP contribution in [0.5, 0.6) is 5.75 Å². The van der Waals surface area contributed by atoms with Crippen molar-refractivity contribution in [2.45, 2.75) is 0 Å². The highest BCUT2D eigenvalue weighted by molar-refractivity contribution is 6.35. The maximum Gasteiger partial charge on any atom is 0.157 e. The van der Waals surface area contributed by atoms with Gasteiger partial charge >= 0.3 is 0 Å². The number of hydrogen-bond acceptors (Lipinski definition) is 5. The average Bonchev–Trinajstić information content (AvgIpc) is 2.41. The van der Waals surface area contributed by atoms with Gasteiger partial charge in [-0.15, -0.1) is 0 Å². The number of ether oxygens (including phenoxy) is 1. The van der Waals surface area contributed by atoms with Gasteiger partial charge in [-0.3, -0.25) is 0 Å². The van der Waals surface area contributed by atoms with Crippen molar-refractivity contribution in [1.29, 1.82) is 0 Å². The molecule has 0 aliphatic heterocycles. The molecule has 0 unspecified atom stereocenters. The highest BCUT2D eigenvalue weighted by atomic mass is 35.5. The molecule has 1 aromatic heterocycles. The van der Waals surface area contributed by atoms with Gasteiger partial charge in [0.15, 0.2) is 5.82 Å². The van der Waals surface area contributed by atoms with Crippen molar-refractivity contribution in [2.24, 2.45) is 0 Å². The largest absolute Gasteiger partial charge is 0.497 e. The molecule has 2 N–H and O–H groups in total. The van der Waals surface area contributed by atoms with Crippen LogP contribution >= 0.6 is 11.6 Å². The molecule has 2 rings (SSSR count). The Labute approximate surface area is 110 Å². The second-order valence-electron chi connectivity index (χ2n) is 3.66. The number of benzene rings is 1. The Hall–Kier alpha value is -2.01. The Morgan fingerprint density at radius 2 is 2.11 bits per heavy atom. The zero-order valence-corrected chi connectivity index (χ0v) is 10.8. The molecule has 0 aliphatic carbocycles. The van der Waals surface area contributed by atoms with Crippen molar-refractivity contribution in [3.05, 3.63) is 35.6 Å². The van der Waals surface area contributed by atoms with E-state index in [4.69, 9.17) is 22.1 Å². The van der Waals surface area contributed by atoms with Gasteiger partial charge in [-0.05, 0) is 12.1 Å². The van der Waals surface area contributed by atoms with Gasteiger partial charge in [-0.25, -0.2) is 9.97 Å². The Morgan fingerprint density at radius 3 is 2.83 bits per heavy atom. The van der Waals surface area contributed by atoms with E-state index in [-0.39, 0.29) is 5.82 Å². The third kappa shape index (κ3) is 2.31. The number of anilines is 3. The lowest BCUT2D eigenvalue weighted by Gasteiger charge is -2.20. The van der Waals surface area contributed by atoms with E-state index in [0.29, 0.717) is 10.8 Å². The maximum atomic E-state index is 6.09. The Morgan fingerprint density at radius 1 is 1.33 bits per heavy atom. The maximum absolute atomic E-state index is 6.09. The molecule has 2 aromatic rings. The first-order valence-corrected chi connectivity index (χ1v) is 5.65. The minimum atomic E-state index is 0.261. The molecule has 0 atom stereocenters. The normalized spacial score (nSPS) is 10.2. The van der Waals surface area contributed by atoms with E-state index in [1.807, 2.05) is 36.2 Å². The standard InChI is InChI=1S/C12H13ClN4O/c1-17(8-4-3-5-9(6-8)18-2)12-10(13)11(14)15-7-16-12/h3-7H,1-2H3,(H2,14,15,16). The number of aromatic nitrogens is 2. The van der Waals surface area contributed by atoms with Crippen molar-refractivity contribution in [1.82, 2.24) is 9.97 Å². The molecule has 0 amide bonds. The van der Waals surface area contributed by atoms with Crippen LogP contribution in [-0.4, -0.2) is 24.1 Å². The molecule has 1 aromatic carbocycles. The molecule has 6 heteroatoms. The van der Waals surface area contributed by atoms with E-state index in [0.717, 1.165) is 11.4 Å². The summed E-state index contributed by atoms with van der Waals surface area (Å²) < 4.78 is 5.18. The Balaban J connectivity index is 2.41. The number of hydrogen-bond donors (Lipinski definition) is 1. The van der Waals surface area contributed by atoms with Crippen LogP contribution in [0.2, 0.25) is 5.02 Å². The molecule has 1 heterocycles. The third-order valence-corrected chi connectivity index (χ3v) is 2.92. The number of halogens is 1.